The van der Waals surface area contributed by atoms with Crippen LogP contribution in [0.1, 0.15) is 23.8 Å². The molecule has 6 heteroatoms. The molecular formula is C12H16N2O3S. The SMILES string of the molecule is O=C(O)CNC(=O)CN1CCCC1c1cccs1. The van der Waals surface area contributed by atoms with Crippen LogP contribution in [0.3, 0.4) is 0 Å². The van der Waals surface area contributed by atoms with Gasteiger partial charge in [0.25, 0.3) is 0 Å². The van der Waals surface area contributed by atoms with E-state index in [-0.39, 0.29) is 19.0 Å². The van der Waals surface area contributed by atoms with Gasteiger partial charge < -0.3 is 10.4 Å². The number of hydrogen-bond donors (Lipinski definition) is 2. The predicted molar refractivity (Wildman–Crippen MR) is 68.5 cm³/mol. The van der Waals surface area contributed by atoms with Gasteiger partial charge in [0, 0.05) is 10.9 Å². The van der Waals surface area contributed by atoms with E-state index in [4.69, 9.17) is 5.11 Å². The number of carboxylic acids is 1. The van der Waals surface area contributed by atoms with Gasteiger partial charge in [-0.15, -0.1) is 11.3 Å². The molecular weight excluding hydrogens is 252 g/mol. The maximum atomic E-state index is 11.6. The summed E-state index contributed by atoms with van der Waals surface area (Å²) in [5.41, 5.74) is 0. The highest BCUT2D eigenvalue weighted by Crippen LogP contribution is 2.33. The monoisotopic (exact) mass is 268 g/mol. The molecule has 1 saturated heterocycles. The zero-order valence-corrected chi connectivity index (χ0v) is 10.8. The molecule has 0 saturated carbocycles. The maximum Gasteiger partial charge on any atom is 0.322 e. The Morgan fingerprint density at radius 3 is 3.06 bits per heavy atom. The number of thiophene rings is 1. The minimum Gasteiger partial charge on any atom is -0.480 e. The Kier molecular flexibility index (Phi) is 4.33. The van der Waals surface area contributed by atoms with Crippen LogP contribution in [0.5, 0.6) is 0 Å². The van der Waals surface area contributed by atoms with E-state index in [1.54, 1.807) is 11.3 Å². The van der Waals surface area contributed by atoms with Crippen molar-refractivity contribution >= 4 is 23.2 Å². The largest absolute Gasteiger partial charge is 0.480 e. The van der Waals surface area contributed by atoms with Gasteiger partial charge in [0.2, 0.25) is 5.91 Å². The number of carboxylic acid groups (broad SMARTS) is 1. The molecule has 0 radical (unpaired) electrons. The Labute approximate surface area is 109 Å². The third-order valence-electron chi connectivity index (χ3n) is 3.02. The molecule has 1 atom stereocenters. The lowest BCUT2D eigenvalue weighted by atomic mass is 10.2. The van der Waals surface area contributed by atoms with Gasteiger partial charge in [-0.05, 0) is 30.8 Å². The molecule has 2 rings (SSSR count). The fraction of sp³-hybridized carbons (Fsp3) is 0.500. The molecule has 1 aromatic heterocycles. The minimum absolute atomic E-state index is 0.221. The van der Waals surface area contributed by atoms with Gasteiger partial charge in [0.15, 0.2) is 0 Å². The first-order valence-electron chi connectivity index (χ1n) is 5.93. The zero-order valence-electron chi connectivity index (χ0n) is 9.96. The topological polar surface area (TPSA) is 69.6 Å². The molecule has 5 nitrogen and oxygen atoms in total. The normalized spacial score (nSPS) is 19.9. The molecule has 1 aliphatic rings. The summed E-state index contributed by atoms with van der Waals surface area (Å²) in [7, 11) is 0. The molecule has 1 fully saturated rings. The second-order valence-corrected chi connectivity index (χ2v) is 5.29. The summed E-state index contributed by atoms with van der Waals surface area (Å²) < 4.78 is 0. The van der Waals surface area contributed by atoms with Crippen LogP contribution in [0.15, 0.2) is 17.5 Å². The van der Waals surface area contributed by atoms with E-state index < -0.39 is 5.97 Å². The number of carbonyl (C=O) groups excluding carboxylic acids is 1. The summed E-state index contributed by atoms with van der Waals surface area (Å²) in [6.07, 6.45) is 2.14. The molecule has 0 aliphatic carbocycles. The molecule has 2 heterocycles. The third-order valence-corrected chi connectivity index (χ3v) is 3.99. The number of rotatable bonds is 5. The molecule has 0 aromatic carbocycles. The Morgan fingerprint density at radius 2 is 2.39 bits per heavy atom. The van der Waals surface area contributed by atoms with Crippen LogP contribution in [0, 0.1) is 0 Å². The van der Waals surface area contributed by atoms with Crippen molar-refractivity contribution in [3.05, 3.63) is 22.4 Å². The summed E-state index contributed by atoms with van der Waals surface area (Å²) in [6.45, 7) is 0.856. The molecule has 0 bridgehead atoms. The van der Waals surface area contributed by atoms with Crippen LogP contribution in [-0.2, 0) is 9.59 Å². The van der Waals surface area contributed by atoms with Crippen LogP contribution in [-0.4, -0.2) is 41.5 Å². The molecule has 0 spiro atoms. The Bertz CT molecular complexity index is 419. The number of nitrogens with zero attached hydrogens (tertiary/aromatic N) is 1. The fourth-order valence-corrected chi connectivity index (χ4v) is 3.13. The first-order chi connectivity index (χ1) is 8.66. The first kappa shape index (κ1) is 13.0. The van der Waals surface area contributed by atoms with Crippen molar-refractivity contribution in [2.75, 3.05) is 19.6 Å². The van der Waals surface area contributed by atoms with E-state index in [2.05, 4.69) is 16.3 Å². The predicted octanol–water partition coefficient (Wildman–Crippen LogP) is 1.09. The highest BCUT2D eigenvalue weighted by atomic mass is 32.1. The van der Waals surface area contributed by atoms with Crippen molar-refractivity contribution in [3.63, 3.8) is 0 Å². The standard InChI is InChI=1S/C12H16N2O3S/c15-11(13-7-12(16)17)8-14-5-1-3-9(14)10-4-2-6-18-10/h2,4,6,9H,1,3,5,7-8H2,(H,13,15)(H,16,17). The molecule has 18 heavy (non-hydrogen) atoms. The van der Waals surface area contributed by atoms with Crippen molar-refractivity contribution in [1.82, 2.24) is 10.2 Å². The number of carbonyl (C=O) groups is 2. The van der Waals surface area contributed by atoms with E-state index in [1.165, 1.54) is 4.88 Å². The highest BCUT2D eigenvalue weighted by molar-refractivity contribution is 7.10. The maximum absolute atomic E-state index is 11.6. The summed E-state index contributed by atoms with van der Waals surface area (Å²) >= 11 is 1.70. The van der Waals surface area contributed by atoms with Gasteiger partial charge in [-0.2, -0.15) is 0 Å². The lowest BCUT2D eigenvalue weighted by Crippen LogP contribution is -2.38. The van der Waals surface area contributed by atoms with Crippen molar-refractivity contribution in [3.8, 4) is 0 Å². The highest BCUT2D eigenvalue weighted by Gasteiger charge is 2.28. The summed E-state index contributed by atoms with van der Waals surface area (Å²) in [4.78, 5) is 25.4. The van der Waals surface area contributed by atoms with E-state index in [1.807, 2.05) is 11.4 Å². The smallest absolute Gasteiger partial charge is 0.322 e. The van der Waals surface area contributed by atoms with E-state index >= 15 is 0 Å². The minimum atomic E-state index is -1.01. The Hall–Kier alpha value is -1.40. The van der Waals surface area contributed by atoms with Crippen molar-refractivity contribution < 1.29 is 14.7 Å². The second kappa shape index (κ2) is 5.97. The number of amides is 1. The van der Waals surface area contributed by atoms with Gasteiger partial charge in [0.1, 0.15) is 6.54 Å². The molecule has 2 N–H and O–H groups in total. The fourth-order valence-electron chi connectivity index (χ4n) is 2.23. The summed E-state index contributed by atoms with van der Waals surface area (Å²) in [5.74, 6) is -1.24. The van der Waals surface area contributed by atoms with Crippen molar-refractivity contribution in [2.45, 2.75) is 18.9 Å². The van der Waals surface area contributed by atoms with Crippen LogP contribution in [0.4, 0.5) is 0 Å². The zero-order chi connectivity index (χ0) is 13.0. The number of likely N-dealkylation sites (tertiary alicyclic amines) is 1. The molecule has 1 unspecified atom stereocenters. The van der Waals surface area contributed by atoms with Crippen molar-refractivity contribution in [1.29, 1.82) is 0 Å². The average Bonchev–Trinajstić information content (AvgIpc) is 2.95. The van der Waals surface area contributed by atoms with Crippen LogP contribution >= 0.6 is 11.3 Å². The average molecular weight is 268 g/mol. The molecule has 1 amide bonds. The Morgan fingerprint density at radius 1 is 1.56 bits per heavy atom. The lowest BCUT2D eigenvalue weighted by molar-refractivity contribution is -0.138. The Balaban J connectivity index is 1.88. The quantitative estimate of drug-likeness (QED) is 0.838. The lowest BCUT2D eigenvalue weighted by Gasteiger charge is -2.22. The van der Waals surface area contributed by atoms with Gasteiger partial charge in [-0.3, -0.25) is 14.5 Å². The van der Waals surface area contributed by atoms with Gasteiger partial charge >= 0.3 is 5.97 Å². The van der Waals surface area contributed by atoms with E-state index in [9.17, 15) is 9.59 Å². The number of nitrogens with one attached hydrogen (secondary N) is 1. The van der Waals surface area contributed by atoms with Crippen molar-refractivity contribution in [2.24, 2.45) is 0 Å². The second-order valence-electron chi connectivity index (χ2n) is 4.31. The van der Waals surface area contributed by atoms with Gasteiger partial charge in [-0.1, -0.05) is 6.07 Å². The number of hydrogen-bond acceptors (Lipinski definition) is 4. The van der Waals surface area contributed by atoms with Crippen LogP contribution in [0.25, 0.3) is 0 Å². The summed E-state index contributed by atoms with van der Waals surface area (Å²) in [5, 5.41) is 12.9. The van der Waals surface area contributed by atoms with Gasteiger partial charge in [0.05, 0.1) is 6.54 Å². The van der Waals surface area contributed by atoms with E-state index in [0.717, 1.165) is 19.4 Å². The van der Waals surface area contributed by atoms with Crippen LogP contribution in [0.2, 0.25) is 0 Å². The third kappa shape index (κ3) is 3.30. The van der Waals surface area contributed by atoms with Crippen LogP contribution < -0.4 is 5.32 Å². The molecule has 98 valence electrons. The van der Waals surface area contributed by atoms with E-state index in [0.29, 0.717) is 6.04 Å². The number of aliphatic carboxylic acids is 1. The summed E-state index contributed by atoms with van der Waals surface area (Å²) in [6, 6.07) is 4.41. The van der Waals surface area contributed by atoms with Gasteiger partial charge in [-0.25, -0.2) is 0 Å². The molecule has 1 aromatic rings. The first-order valence-corrected chi connectivity index (χ1v) is 6.80. The molecule has 1 aliphatic heterocycles.